The van der Waals surface area contributed by atoms with Gasteiger partial charge < -0.3 is 14.7 Å². The monoisotopic (exact) mass is 327 g/mol. The molecule has 3 atom stereocenters. The number of nitrogens with zero attached hydrogens (tertiary/aromatic N) is 1. The van der Waals surface area contributed by atoms with E-state index in [1.807, 2.05) is 6.07 Å². The van der Waals surface area contributed by atoms with Crippen LogP contribution in [-0.4, -0.2) is 46.5 Å². The molecular formula is C19H21NO4. The van der Waals surface area contributed by atoms with Crippen molar-refractivity contribution >= 4 is 11.7 Å². The van der Waals surface area contributed by atoms with E-state index in [0.29, 0.717) is 25.1 Å². The van der Waals surface area contributed by atoms with Crippen molar-refractivity contribution in [2.45, 2.75) is 38.0 Å². The van der Waals surface area contributed by atoms with Crippen molar-refractivity contribution in [3.8, 4) is 18.1 Å². The number of aliphatic hydroxyl groups excluding tert-OH is 1. The van der Waals surface area contributed by atoms with Gasteiger partial charge in [-0.2, -0.15) is 0 Å². The molecule has 1 aliphatic rings. The van der Waals surface area contributed by atoms with Crippen molar-refractivity contribution in [3.63, 3.8) is 0 Å². The van der Waals surface area contributed by atoms with Crippen molar-refractivity contribution in [1.82, 2.24) is 4.90 Å². The summed E-state index contributed by atoms with van der Waals surface area (Å²) < 4.78 is 5.72. The number of ether oxygens (including phenoxy) is 1. The number of amides is 1. The van der Waals surface area contributed by atoms with Gasteiger partial charge in [-0.15, -0.1) is 12.3 Å². The second kappa shape index (κ2) is 7.80. The lowest BCUT2D eigenvalue weighted by molar-refractivity contribution is -0.171. The maximum atomic E-state index is 12.4. The molecule has 1 aromatic carbocycles. The number of ketones is 1. The lowest BCUT2D eigenvalue weighted by atomic mass is 9.87. The average molecular weight is 327 g/mol. The Balaban J connectivity index is 2.15. The van der Waals surface area contributed by atoms with Crippen LogP contribution in [0.25, 0.3) is 0 Å². The topological polar surface area (TPSA) is 66.8 Å². The standard InChI is InChI=1S/C19H21NO4/c1-4-5-9-12-20-16(17(22)13(2)14(3)21)18(19(20)23)24-15-10-7-6-8-11-15/h1,6-8,10-11,16-18,22H,2,5,9,12H2,3H3/t16-,17+,18+/m0/s1. The van der Waals surface area contributed by atoms with E-state index in [9.17, 15) is 14.7 Å². The summed E-state index contributed by atoms with van der Waals surface area (Å²) in [5.74, 6) is 2.51. The molecule has 1 saturated heterocycles. The van der Waals surface area contributed by atoms with E-state index in [0.717, 1.165) is 0 Å². The van der Waals surface area contributed by atoms with Gasteiger partial charge in [-0.1, -0.05) is 24.8 Å². The second-order valence-corrected chi connectivity index (χ2v) is 5.71. The van der Waals surface area contributed by atoms with Gasteiger partial charge in [-0.3, -0.25) is 9.59 Å². The molecule has 1 amide bonds. The fraction of sp³-hybridized carbons (Fsp3) is 0.368. The first-order chi connectivity index (χ1) is 11.5. The van der Waals surface area contributed by atoms with E-state index in [2.05, 4.69) is 12.5 Å². The predicted molar refractivity (Wildman–Crippen MR) is 90.3 cm³/mol. The van der Waals surface area contributed by atoms with Gasteiger partial charge in [-0.05, 0) is 25.5 Å². The van der Waals surface area contributed by atoms with Crippen LogP contribution in [0, 0.1) is 12.3 Å². The molecule has 1 aliphatic heterocycles. The summed E-state index contributed by atoms with van der Waals surface area (Å²) in [5.41, 5.74) is 0.0658. The van der Waals surface area contributed by atoms with E-state index in [-0.39, 0.29) is 17.3 Å². The third-order valence-corrected chi connectivity index (χ3v) is 4.06. The number of terminal acetylenes is 1. The molecule has 0 spiro atoms. The third-order valence-electron chi connectivity index (χ3n) is 4.06. The molecule has 24 heavy (non-hydrogen) atoms. The molecule has 0 unspecified atom stereocenters. The SMILES string of the molecule is C#CCCCN1C(=O)[C@H](Oc2ccccc2)[C@@H]1[C@H](O)C(=C)C(C)=O. The van der Waals surface area contributed by atoms with Gasteiger partial charge in [0.15, 0.2) is 11.9 Å². The van der Waals surface area contributed by atoms with Crippen LogP contribution in [0.2, 0.25) is 0 Å². The molecule has 2 rings (SSSR count). The van der Waals surface area contributed by atoms with Crippen LogP contribution in [0.4, 0.5) is 0 Å². The Morgan fingerprint density at radius 3 is 2.71 bits per heavy atom. The Labute approximate surface area is 141 Å². The van der Waals surface area contributed by atoms with Crippen LogP contribution >= 0.6 is 0 Å². The number of para-hydroxylation sites is 1. The third kappa shape index (κ3) is 3.66. The zero-order chi connectivity index (χ0) is 17.7. The molecule has 0 aliphatic carbocycles. The fourth-order valence-corrected chi connectivity index (χ4v) is 2.66. The van der Waals surface area contributed by atoms with E-state index in [4.69, 9.17) is 11.2 Å². The lowest BCUT2D eigenvalue weighted by Gasteiger charge is -2.48. The highest BCUT2D eigenvalue weighted by molar-refractivity contribution is 5.95. The Morgan fingerprint density at radius 1 is 1.46 bits per heavy atom. The number of carbonyl (C=O) groups is 2. The molecule has 0 saturated carbocycles. The minimum absolute atomic E-state index is 0.0658. The maximum Gasteiger partial charge on any atom is 0.266 e. The zero-order valence-electron chi connectivity index (χ0n) is 13.6. The Bertz CT molecular complexity index is 662. The van der Waals surface area contributed by atoms with Gasteiger partial charge in [0.05, 0.1) is 0 Å². The molecule has 0 radical (unpaired) electrons. The van der Waals surface area contributed by atoms with Gasteiger partial charge in [0.1, 0.15) is 17.9 Å². The Kier molecular flexibility index (Phi) is 5.78. The van der Waals surface area contributed by atoms with Gasteiger partial charge in [-0.25, -0.2) is 0 Å². The Morgan fingerprint density at radius 2 is 2.12 bits per heavy atom. The summed E-state index contributed by atoms with van der Waals surface area (Å²) in [4.78, 5) is 25.4. The summed E-state index contributed by atoms with van der Waals surface area (Å²) in [6, 6.07) is 8.25. The fourth-order valence-electron chi connectivity index (χ4n) is 2.66. The van der Waals surface area contributed by atoms with Crippen LogP contribution < -0.4 is 4.74 Å². The molecule has 0 aromatic heterocycles. The predicted octanol–water partition coefficient (Wildman–Crippen LogP) is 1.56. The quantitative estimate of drug-likeness (QED) is 0.341. The number of rotatable bonds is 8. The van der Waals surface area contributed by atoms with Crippen LogP contribution in [0.15, 0.2) is 42.5 Å². The van der Waals surface area contributed by atoms with Crippen LogP contribution in [0.3, 0.4) is 0 Å². The molecule has 5 nitrogen and oxygen atoms in total. The van der Waals surface area contributed by atoms with Crippen LogP contribution in [0.1, 0.15) is 19.8 Å². The number of unbranched alkanes of at least 4 members (excludes halogenated alkanes) is 1. The molecule has 0 bridgehead atoms. The number of aliphatic hydroxyl groups is 1. The molecule has 1 heterocycles. The van der Waals surface area contributed by atoms with Gasteiger partial charge in [0.25, 0.3) is 5.91 Å². The molecule has 5 heteroatoms. The zero-order valence-corrected chi connectivity index (χ0v) is 13.6. The van der Waals surface area contributed by atoms with Crippen molar-refractivity contribution in [3.05, 3.63) is 42.5 Å². The average Bonchev–Trinajstić information content (AvgIpc) is 2.59. The van der Waals surface area contributed by atoms with E-state index >= 15 is 0 Å². The van der Waals surface area contributed by atoms with Crippen LogP contribution in [-0.2, 0) is 9.59 Å². The first kappa shape index (κ1) is 17.8. The van der Waals surface area contributed by atoms with Crippen molar-refractivity contribution in [2.75, 3.05) is 6.54 Å². The molecule has 1 fully saturated rings. The van der Waals surface area contributed by atoms with Gasteiger partial charge in [0.2, 0.25) is 0 Å². The summed E-state index contributed by atoms with van der Waals surface area (Å²) in [5, 5.41) is 10.5. The summed E-state index contributed by atoms with van der Waals surface area (Å²) >= 11 is 0. The summed E-state index contributed by atoms with van der Waals surface area (Å²) in [7, 11) is 0. The molecular weight excluding hydrogens is 306 g/mol. The first-order valence-corrected chi connectivity index (χ1v) is 7.80. The number of benzene rings is 1. The lowest BCUT2D eigenvalue weighted by Crippen LogP contribution is -2.71. The van der Waals surface area contributed by atoms with Gasteiger partial charge >= 0.3 is 0 Å². The van der Waals surface area contributed by atoms with Crippen LogP contribution in [0.5, 0.6) is 5.75 Å². The molecule has 1 N–H and O–H groups in total. The first-order valence-electron chi connectivity index (χ1n) is 7.80. The highest BCUT2D eigenvalue weighted by Gasteiger charge is 2.53. The number of carbonyl (C=O) groups excluding carboxylic acids is 2. The normalized spacial score (nSPS) is 20.7. The minimum Gasteiger partial charge on any atom is -0.478 e. The van der Waals surface area contributed by atoms with Crippen molar-refractivity contribution in [1.29, 1.82) is 0 Å². The maximum absolute atomic E-state index is 12.4. The highest BCUT2D eigenvalue weighted by Crippen LogP contribution is 2.30. The second-order valence-electron chi connectivity index (χ2n) is 5.71. The van der Waals surface area contributed by atoms with Crippen molar-refractivity contribution < 1.29 is 19.4 Å². The Hall–Kier alpha value is -2.58. The van der Waals surface area contributed by atoms with E-state index in [1.165, 1.54) is 11.8 Å². The number of β-lactam (4-membered cyclic amide) rings is 1. The van der Waals surface area contributed by atoms with E-state index in [1.54, 1.807) is 24.3 Å². The van der Waals surface area contributed by atoms with Crippen molar-refractivity contribution in [2.24, 2.45) is 0 Å². The number of hydrogen-bond donors (Lipinski definition) is 1. The number of Topliss-reactive ketones (excluding diaryl/α,β-unsaturated/α-hetero) is 1. The smallest absolute Gasteiger partial charge is 0.266 e. The minimum atomic E-state index is -1.17. The molecule has 126 valence electrons. The number of hydrogen-bond acceptors (Lipinski definition) is 4. The molecule has 1 aromatic rings. The highest BCUT2D eigenvalue weighted by atomic mass is 16.5. The summed E-state index contributed by atoms with van der Waals surface area (Å²) in [6.07, 6.45) is 4.38. The number of likely N-dealkylation sites (tertiary alicyclic amines) is 1. The van der Waals surface area contributed by atoms with E-state index < -0.39 is 18.2 Å². The summed E-state index contributed by atoms with van der Waals surface area (Å²) in [6.45, 7) is 5.37. The van der Waals surface area contributed by atoms with Gasteiger partial charge in [0, 0.05) is 18.5 Å². The largest absolute Gasteiger partial charge is 0.478 e.